The van der Waals surface area contributed by atoms with E-state index in [9.17, 15) is 4.79 Å². The van der Waals surface area contributed by atoms with Gasteiger partial charge in [0.15, 0.2) is 5.69 Å². The van der Waals surface area contributed by atoms with Gasteiger partial charge < -0.3 is 10.1 Å². The number of alkyl halides is 1. The van der Waals surface area contributed by atoms with Crippen LogP contribution in [0.15, 0.2) is 48.6 Å². The first-order valence-corrected chi connectivity index (χ1v) is 7.65. The average molecular weight is 329 g/mol. The van der Waals surface area contributed by atoms with Crippen molar-refractivity contribution in [3.8, 4) is 0 Å². The van der Waals surface area contributed by atoms with Crippen LogP contribution in [0.25, 0.3) is 15.6 Å². The van der Waals surface area contributed by atoms with Gasteiger partial charge >= 0.3 is 5.97 Å². The zero-order chi connectivity index (χ0) is 16.8. The number of carbonyl (C=O) groups is 1. The molecule has 0 radical (unpaired) electrons. The first-order chi connectivity index (χ1) is 11.1. The van der Waals surface area contributed by atoms with Crippen molar-refractivity contribution in [2.45, 2.75) is 13.0 Å². The van der Waals surface area contributed by atoms with E-state index in [1.165, 1.54) is 0 Å². The molecule has 118 valence electrons. The Morgan fingerprint density at radius 3 is 2.70 bits per heavy atom. The molecule has 2 aromatic rings. The van der Waals surface area contributed by atoms with Crippen molar-refractivity contribution in [3.05, 3.63) is 60.0 Å². The van der Waals surface area contributed by atoms with Crippen LogP contribution in [-0.4, -0.2) is 24.5 Å². The molecule has 2 rings (SSSR count). The Hall–Kier alpha value is -2.51. The molecule has 1 atom stereocenters. The van der Waals surface area contributed by atoms with Crippen LogP contribution in [0.1, 0.15) is 6.92 Å². The van der Waals surface area contributed by atoms with Gasteiger partial charge in [0.1, 0.15) is 6.10 Å². The van der Waals surface area contributed by atoms with E-state index in [4.69, 9.17) is 22.9 Å². The molecule has 0 aliphatic rings. The minimum atomic E-state index is -0.458. The summed E-state index contributed by atoms with van der Waals surface area (Å²) in [7, 11) is 0. The number of esters is 1. The van der Waals surface area contributed by atoms with Crippen LogP contribution in [-0.2, 0) is 9.53 Å². The van der Waals surface area contributed by atoms with Gasteiger partial charge in [0.2, 0.25) is 0 Å². The van der Waals surface area contributed by atoms with Gasteiger partial charge in [-0.05, 0) is 23.8 Å². The summed E-state index contributed by atoms with van der Waals surface area (Å²) < 4.78 is 5.26. The summed E-state index contributed by atoms with van der Waals surface area (Å²) in [4.78, 5) is 15.1. The highest BCUT2D eigenvalue weighted by atomic mass is 35.5. The topological polar surface area (TPSA) is 42.7 Å². The standard InChI is InChI=1S/C18H17ClN2O2/c1-12(2)18(22)23-13(10-19)11-21-17-9-5-6-14-15(17)7-4-8-16(14)20-3/h4-9,13,21H,1,10-11H2,2H3. The number of fused-ring (bicyclic) bond motifs is 1. The summed E-state index contributed by atoms with van der Waals surface area (Å²) >= 11 is 5.86. The molecular weight excluding hydrogens is 312 g/mol. The Labute approximate surface area is 140 Å². The Kier molecular flexibility index (Phi) is 5.61. The van der Waals surface area contributed by atoms with Gasteiger partial charge in [-0.1, -0.05) is 36.9 Å². The molecule has 1 unspecified atom stereocenters. The molecule has 0 bridgehead atoms. The van der Waals surface area contributed by atoms with Crippen molar-refractivity contribution in [1.82, 2.24) is 0 Å². The van der Waals surface area contributed by atoms with Gasteiger partial charge in [0.25, 0.3) is 0 Å². The molecule has 5 heteroatoms. The predicted molar refractivity (Wildman–Crippen MR) is 94.1 cm³/mol. The average Bonchev–Trinajstić information content (AvgIpc) is 2.57. The van der Waals surface area contributed by atoms with Gasteiger partial charge in [-0.15, -0.1) is 11.6 Å². The lowest BCUT2D eigenvalue weighted by Gasteiger charge is -2.18. The van der Waals surface area contributed by atoms with E-state index in [2.05, 4.69) is 16.7 Å². The molecule has 2 aromatic carbocycles. The summed E-state index contributed by atoms with van der Waals surface area (Å²) in [5.74, 6) is -0.268. The van der Waals surface area contributed by atoms with Gasteiger partial charge in [-0.3, -0.25) is 0 Å². The normalized spacial score (nSPS) is 11.5. The highest BCUT2D eigenvalue weighted by Crippen LogP contribution is 2.30. The monoisotopic (exact) mass is 328 g/mol. The number of nitrogens with one attached hydrogen (secondary N) is 1. The van der Waals surface area contributed by atoms with Gasteiger partial charge in [0.05, 0.1) is 19.0 Å². The van der Waals surface area contributed by atoms with E-state index in [0.29, 0.717) is 17.8 Å². The van der Waals surface area contributed by atoms with Crippen molar-refractivity contribution in [3.63, 3.8) is 0 Å². The third kappa shape index (κ3) is 4.02. The summed E-state index contributed by atoms with van der Waals surface area (Å²) in [6, 6.07) is 11.3. The van der Waals surface area contributed by atoms with Crippen LogP contribution in [0, 0.1) is 6.57 Å². The van der Waals surface area contributed by atoms with Crippen molar-refractivity contribution in [2.75, 3.05) is 17.7 Å². The molecule has 0 fully saturated rings. The van der Waals surface area contributed by atoms with E-state index >= 15 is 0 Å². The van der Waals surface area contributed by atoms with Crippen molar-refractivity contribution >= 4 is 39.7 Å². The van der Waals surface area contributed by atoms with Crippen LogP contribution in [0.2, 0.25) is 0 Å². The van der Waals surface area contributed by atoms with Gasteiger partial charge in [0, 0.05) is 11.3 Å². The Morgan fingerprint density at radius 1 is 1.35 bits per heavy atom. The molecule has 4 nitrogen and oxygen atoms in total. The maximum atomic E-state index is 11.6. The smallest absolute Gasteiger partial charge is 0.333 e. The summed E-state index contributed by atoms with van der Waals surface area (Å²) in [5, 5.41) is 5.07. The van der Waals surface area contributed by atoms with E-state index in [1.54, 1.807) is 13.0 Å². The fourth-order valence-corrected chi connectivity index (χ4v) is 2.32. The SMILES string of the molecule is [C-]#[N+]c1cccc2c(NCC(CCl)OC(=O)C(=C)C)cccc12. The molecular formula is C18H17ClN2O2. The minimum Gasteiger partial charge on any atom is -0.456 e. The Balaban J connectivity index is 2.17. The third-order valence-corrected chi connectivity index (χ3v) is 3.68. The molecule has 0 saturated carbocycles. The van der Waals surface area contributed by atoms with Crippen molar-refractivity contribution in [2.24, 2.45) is 0 Å². The lowest BCUT2D eigenvalue weighted by molar-refractivity contribution is -0.142. The molecule has 0 aliphatic carbocycles. The highest BCUT2D eigenvalue weighted by Gasteiger charge is 2.14. The third-order valence-electron chi connectivity index (χ3n) is 3.33. The van der Waals surface area contributed by atoms with Gasteiger partial charge in [-0.25, -0.2) is 9.64 Å². The number of ether oxygens (including phenoxy) is 1. The van der Waals surface area contributed by atoms with Crippen molar-refractivity contribution < 1.29 is 9.53 Å². The Morgan fingerprint density at radius 2 is 2.04 bits per heavy atom. The first-order valence-electron chi connectivity index (χ1n) is 7.12. The fourth-order valence-electron chi connectivity index (χ4n) is 2.15. The second-order valence-corrected chi connectivity index (χ2v) is 5.44. The van der Waals surface area contributed by atoms with Crippen LogP contribution < -0.4 is 5.32 Å². The lowest BCUT2D eigenvalue weighted by atomic mass is 10.1. The summed E-state index contributed by atoms with van der Waals surface area (Å²) in [5.41, 5.74) is 1.82. The highest BCUT2D eigenvalue weighted by molar-refractivity contribution is 6.18. The molecule has 1 N–H and O–H groups in total. The van der Waals surface area contributed by atoms with Crippen LogP contribution >= 0.6 is 11.6 Å². The number of halogens is 1. The summed E-state index contributed by atoms with van der Waals surface area (Å²) in [6.45, 7) is 12.8. The zero-order valence-electron chi connectivity index (χ0n) is 12.8. The second-order valence-electron chi connectivity index (χ2n) is 5.13. The number of carbonyl (C=O) groups excluding carboxylic acids is 1. The molecule has 0 saturated heterocycles. The summed E-state index contributed by atoms with van der Waals surface area (Å²) in [6.07, 6.45) is -0.458. The fraction of sp³-hybridized carbons (Fsp3) is 0.222. The van der Waals surface area contributed by atoms with Gasteiger partial charge in [-0.2, -0.15) is 0 Å². The molecule has 0 amide bonds. The molecule has 0 aliphatic heterocycles. The van der Waals surface area contributed by atoms with E-state index in [0.717, 1.165) is 16.5 Å². The number of hydrogen-bond acceptors (Lipinski definition) is 3. The lowest BCUT2D eigenvalue weighted by Crippen LogP contribution is -2.28. The number of anilines is 1. The van der Waals surface area contributed by atoms with E-state index in [-0.39, 0.29) is 5.88 Å². The van der Waals surface area contributed by atoms with E-state index in [1.807, 2.05) is 30.3 Å². The first kappa shape index (κ1) is 16.9. The van der Waals surface area contributed by atoms with Crippen molar-refractivity contribution in [1.29, 1.82) is 0 Å². The maximum Gasteiger partial charge on any atom is 0.333 e. The van der Waals surface area contributed by atoms with Crippen LogP contribution in [0.3, 0.4) is 0 Å². The Bertz CT molecular complexity index is 780. The number of rotatable bonds is 6. The quantitative estimate of drug-likeness (QED) is 0.366. The molecule has 23 heavy (non-hydrogen) atoms. The van der Waals surface area contributed by atoms with Crippen LogP contribution in [0.4, 0.5) is 11.4 Å². The molecule has 0 aromatic heterocycles. The predicted octanol–water partition coefficient (Wildman–Crippen LogP) is 4.53. The van der Waals surface area contributed by atoms with E-state index < -0.39 is 12.1 Å². The minimum absolute atomic E-state index is 0.185. The number of nitrogens with zero attached hydrogens (tertiary/aromatic N) is 1. The zero-order valence-corrected chi connectivity index (χ0v) is 13.6. The number of hydrogen-bond donors (Lipinski definition) is 1. The molecule has 0 heterocycles. The number of benzene rings is 2. The van der Waals surface area contributed by atoms with Crippen LogP contribution in [0.5, 0.6) is 0 Å². The second kappa shape index (κ2) is 7.66. The molecule has 0 spiro atoms. The maximum absolute atomic E-state index is 11.6. The largest absolute Gasteiger partial charge is 0.456 e.